The molecule has 0 aliphatic heterocycles. The largest absolute Gasteiger partial charge is 0.313 e. The molecule has 0 bridgehead atoms. The van der Waals surface area contributed by atoms with Crippen LogP contribution in [0.1, 0.15) is 45.1 Å². The van der Waals surface area contributed by atoms with E-state index in [1.807, 2.05) is 18.4 Å². The predicted octanol–water partition coefficient (Wildman–Crippen LogP) is 3.06. The van der Waals surface area contributed by atoms with E-state index in [9.17, 15) is 8.42 Å². The molecule has 1 aromatic rings. The van der Waals surface area contributed by atoms with Crippen molar-refractivity contribution in [2.24, 2.45) is 5.92 Å². The highest BCUT2D eigenvalue weighted by molar-refractivity contribution is 7.91. The van der Waals surface area contributed by atoms with Gasteiger partial charge in [0.1, 0.15) is 4.21 Å². The number of sulfonamides is 1. The summed E-state index contributed by atoms with van der Waals surface area (Å²) in [5.41, 5.74) is 1.05. The highest BCUT2D eigenvalue weighted by Crippen LogP contribution is 2.31. The number of hydrogen-bond donors (Lipinski definition) is 1. The Hall–Kier alpha value is -0.430. The van der Waals surface area contributed by atoms with Gasteiger partial charge in [-0.1, -0.05) is 13.8 Å². The summed E-state index contributed by atoms with van der Waals surface area (Å²) in [7, 11) is -1.60. The van der Waals surface area contributed by atoms with E-state index in [1.54, 1.807) is 11.4 Å². The maximum absolute atomic E-state index is 12.7. The quantitative estimate of drug-likeness (QED) is 0.872. The Morgan fingerprint density at radius 2 is 2.00 bits per heavy atom. The van der Waals surface area contributed by atoms with Crippen molar-refractivity contribution < 1.29 is 8.42 Å². The highest BCUT2D eigenvalue weighted by atomic mass is 32.2. The molecule has 0 saturated heterocycles. The molecule has 1 aromatic heterocycles. The molecule has 4 nitrogen and oxygen atoms in total. The number of thiophene rings is 1. The number of nitrogens with zero attached hydrogens (tertiary/aromatic N) is 1. The predicted molar refractivity (Wildman–Crippen MR) is 88.1 cm³/mol. The van der Waals surface area contributed by atoms with Crippen LogP contribution in [-0.2, 0) is 16.6 Å². The van der Waals surface area contributed by atoms with Gasteiger partial charge in [-0.15, -0.1) is 11.3 Å². The van der Waals surface area contributed by atoms with Gasteiger partial charge in [-0.2, -0.15) is 4.31 Å². The number of hydrogen-bond acceptors (Lipinski definition) is 4. The molecule has 1 saturated carbocycles. The van der Waals surface area contributed by atoms with Crippen molar-refractivity contribution in [2.75, 3.05) is 13.6 Å². The van der Waals surface area contributed by atoms with E-state index in [2.05, 4.69) is 12.2 Å². The van der Waals surface area contributed by atoms with Gasteiger partial charge >= 0.3 is 0 Å². The van der Waals surface area contributed by atoms with Gasteiger partial charge < -0.3 is 5.32 Å². The first kappa shape index (κ1) is 16.9. The zero-order valence-corrected chi connectivity index (χ0v) is 14.8. The monoisotopic (exact) mass is 330 g/mol. The van der Waals surface area contributed by atoms with Crippen LogP contribution in [0.5, 0.6) is 0 Å². The molecular weight excluding hydrogens is 304 g/mol. The van der Waals surface area contributed by atoms with E-state index < -0.39 is 10.0 Å². The van der Waals surface area contributed by atoms with E-state index in [4.69, 9.17) is 0 Å². The average molecular weight is 331 g/mol. The van der Waals surface area contributed by atoms with Crippen LogP contribution >= 0.6 is 11.3 Å². The molecule has 0 amide bonds. The minimum atomic E-state index is -3.34. The molecule has 0 radical (unpaired) electrons. The van der Waals surface area contributed by atoms with Crippen LogP contribution in [0.15, 0.2) is 15.7 Å². The second-order valence-electron chi connectivity index (χ2n) is 5.99. The molecule has 1 aliphatic carbocycles. The van der Waals surface area contributed by atoms with Crippen molar-refractivity contribution in [3.8, 4) is 0 Å². The van der Waals surface area contributed by atoms with Gasteiger partial charge in [0, 0.05) is 19.6 Å². The van der Waals surface area contributed by atoms with Crippen LogP contribution in [0.2, 0.25) is 0 Å². The van der Waals surface area contributed by atoms with Crippen molar-refractivity contribution in [1.82, 2.24) is 9.62 Å². The fraction of sp³-hybridized carbons (Fsp3) is 0.733. The normalized spacial score (nSPS) is 23.6. The summed E-state index contributed by atoms with van der Waals surface area (Å²) in [5, 5.41) is 5.16. The minimum absolute atomic E-state index is 0.158. The Kier molecular flexibility index (Phi) is 5.82. The standard InChI is InChI=1S/C15H26N2O2S2/c1-4-16-10-13-9-15(20-11-13)21(18,19)17(3)14-7-5-12(2)6-8-14/h9,11-12,14,16H,4-8,10H2,1-3H3. The topological polar surface area (TPSA) is 49.4 Å². The van der Waals surface area contributed by atoms with Crippen LogP contribution in [0.3, 0.4) is 0 Å². The molecule has 0 aromatic carbocycles. The number of rotatable bonds is 6. The SMILES string of the molecule is CCNCc1csc(S(=O)(=O)N(C)C2CCC(C)CC2)c1. The first-order valence-electron chi connectivity index (χ1n) is 7.71. The Balaban J connectivity index is 2.07. The fourth-order valence-electron chi connectivity index (χ4n) is 2.79. The van der Waals surface area contributed by atoms with Gasteiger partial charge in [0.25, 0.3) is 10.0 Å². The maximum Gasteiger partial charge on any atom is 0.252 e. The molecule has 1 aliphatic rings. The number of nitrogens with one attached hydrogen (secondary N) is 1. The van der Waals surface area contributed by atoms with Crippen LogP contribution in [0.4, 0.5) is 0 Å². The minimum Gasteiger partial charge on any atom is -0.313 e. The van der Waals surface area contributed by atoms with Crippen LogP contribution < -0.4 is 5.32 Å². The van der Waals surface area contributed by atoms with Gasteiger partial charge in [-0.3, -0.25) is 0 Å². The van der Waals surface area contributed by atoms with Crippen LogP contribution in [-0.4, -0.2) is 32.4 Å². The van der Waals surface area contributed by atoms with Crippen molar-refractivity contribution in [2.45, 2.75) is 56.3 Å². The van der Waals surface area contributed by atoms with E-state index >= 15 is 0 Å². The molecule has 6 heteroatoms. The van der Waals surface area contributed by atoms with E-state index in [-0.39, 0.29) is 6.04 Å². The van der Waals surface area contributed by atoms with Crippen molar-refractivity contribution in [3.63, 3.8) is 0 Å². The Morgan fingerprint density at radius 1 is 1.33 bits per heavy atom. The van der Waals surface area contributed by atoms with Gasteiger partial charge in [-0.05, 0) is 55.2 Å². The van der Waals surface area contributed by atoms with Crippen molar-refractivity contribution in [3.05, 3.63) is 17.0 Å². The summed E-state index contributed by atoms with van der Waals surface area (Å²) in [4.78, 5) is 0. The lowest BCUT2D eigenvalue weighted by Crippen LogP contribution is -2.38. The molecule has 0 spiro atoms. The van der Waals surface area contributed by atoms with Gasteiger partial charge in [0.05, 0.1) is 0 Å². The summed E-state index contributed by atoms with van der Waals surface area (Å²) in [6, 6.07) is 1.97. The smallest absolute Gasteiger partial charge is 0.252 e. The molecule has 1 N–H and O–H groups in total. The molecule has 2 rings (SSSR count). The highest BCUT2D eigenvalue weighted by Gasteiger charge is 2.31. The Bertz CT molecular complexity index is 546. The summed E-state index contributed by atoms with van der Waals surface area (Å²) in [6.07, 6.45) is 4.21. The Labute approximate surface area is 132 Å². The molecule has 0 unspecified atom stereocenters. The lowest BCUT2D eigenvalue weighted by atomic mass is 9.87. The van der Waals surface area contributed by atoms with Gasteiger partial charge in [0.15, 0.2) is 0 Å². The van der Waals surface area contributed by atoms with Gasteiger partial charge in [-0.25, -0.2) is 8.42 Å². The summed E-state index contributed by atoms with van der Waals surface area (Å²) < 4.78 is 27.5. The zero-order valence-electron chi connectivity index (χ0n) is 13.1. The maximum atomic E-state index is 12.7. The first-order chi connectivity index (χ1) is 9.95. The molecule has 1 fully saturated rings. The second-order valence-corrected chi connectivity index (χ2v) is 9.12. The van der Waals surface area contributed by atoms with Crippen LogP contribution in [0.25, 0.3) is 0 Å². The molecule has 1 heterocycles. The third-order valence-corrected chi connectivity index (χ3v) is 7.72. The lowest BCUT2D eigenvalue weighted by molar-refractivity contribution is 0.246. The third-order valence-electron chi connectivity index (χ3n) is 4.34. The van der Waals surface area contributed by atoms with E-state index in [0.29, 0.717) is 4.21 Å². The fourth-order valence-corrected chi connectivity index (χ4v) is 5.60. The zero-order chi connectivity index (χ0) is 15.5. The summed E-state index contributed by atoms with van der Waals surface area (Å²) in [5.74, 6) is 0.728. The molecular formula is C15H26N2O2S2. The molecule has 120 valence electrons. The van der Waals surface area contributed by atoms with Crippen LogP contribution in [0, 0.1) is 5.92 Å². The van der Waals surface area contributed by atoms with E-state index in [0.717, 1.165) is 50.3 Å². The lowest BCUT2D eigenvalue weighted by Gasteiger charge is -2.32. The summed E-state index contributed by atoms with van der Waals surface area (Å²) in [6.45, 7) is 5.91. The van der Waals surface area contributed by atoms with E-state index in [1.165, 1.54) is 11.3 Å². The molecule has 0 atom stereocenters. The van der Waals surface area contributed by atoms with Crippen molar-refractivity contribution in [1.29, 1.82) is 0 Å². The van der Waals surface area contributed by atoms with Crippen molar-refractivity contribution >= 4 is 21.4 Å². The first-order valence-corrected chi connectivity index (χ1v) is 10.0. The Morgan fingerprint density at radius 3 is 2.62 bits per heavy atom. The second kappa shape index (κ2) is 7.22. The van der Waals surface area contributed by atoms with Gasteiger partial charge in [0.2, 0.25) is 0 Å². The third kappa shape index (κ3) is 4.06. The average Bonchev–Trinajstić information content (AvgIpc) is 2.94. The summed E-state index contributed by atoms with van der Waals surface area (Å²) >= 11 is 1.33. The molecule has 21 heavy (non-hydrogen) atoms.